The van der Waals surface area contributed by atoms with Crippen LogP contribution in [0.5, 0.6) is 0 Å². The summed E-state index contributed by atoms with van der Waals surface area (Å²) in [5.41, 5.74) is 5.37. The summed E-state index contributed by atoms with van der Waals surface area (Å²) in [4.78, 5) is 0. The molecule has 2 aromatic rings. The highest BCUT2D eigenvalue weighted by Crippen LogP contribution is 2.36. The maximum atomic E-state index is 3.98. The molecule has 0 aliphatic carbocycles. The summed E-state index contributed by atoms with van der Waals surface area (Å²) in [7, 11) is 2.11. The fraction of sp³-hybridized carbons (Fsp3) is 0.273. The minimum absolute atomic E-state index is 0.0703. The zero-order valence-electron chi connectivity index (χ0n) is 14.5. The molecule has 1 nitrogen and oxygen atoms in total. The first-order valence-electron chi connectivity index (χ1n) is 8.32. The summed E-state index contributed by atoms with van der Waals surface area (Å²) >= 11 is 0. The third-order valence-corrected chi connectivity index (χ3v) is 4.44. The van der Waals surface area contributed by atoms with Crippen LogP contribution in [0.2, 0.25) is 0 Å². The number of aryl methyl sites for hydroxylation is 1. The lowest BCUT2D eigenvalue weighted by Gasteiger charge is -2.29. The largest absolute Gasteiger partial charge is 0.316 e. The second-order valence-corrected chi connectivity index (χ2v) is 6.45. The third-order valence-electron chi connectivity index (χ3n) is 4.44. The normalized spacial score (nSPS) is 13.9. The predicted octanol–water partition coefficient (Wildman–Crippen LogP) is 4.76. The highest BCUT2D eigenvalue weighted by atomic mass is 14.8. The fourth-order valence-electron chi connectivity index (χ4n) is 3.09. The predicted molar refractivity (Wildman–Crippen MR) is 101 cm³/mol. The molecule has 2 N–H and O–H groups in total. The minimum Gasteiger partial charge on any atom is -0.316 e. The van der Waals surface area contributed by atoms with Crippen molar-refractivity contribution in [1.82, 2.24) is 0 Å². The third kappa shape index (κ3) is 4.43. The maximum Gasteiger partial charge on any atom is 0.133 e. The summed E-state index contributed by atoms with van der Waals surface area (Å²) < 4.78 is 0. The minimum atomic E-state index is 0.0703. The second-order valence-electron chi connectivity index (χ2n) is 6.45. The molecule has 1 unspecified atom stereocenters. The van der Waals surface area contributed by atoms with Gasteiger partial charge in [-0.1, -0.05) is 67.1 Å². The van der Waals surface area contributed by atoms with E-state index in [1.54, 1.807) is 0 Å². The second kappa shape index (κ2) is 7.94. The molecule has 0 heterocycles. The molecule has 0 fully saturated rings. The van der Waals surface area contributed by atoms with E-state index >= 15 is 0 Å². The van der Waals surface area contributed by atoms with Crippen LogP contribution in [0.15, 0.2) is 67.3 Å². The lowest BCUT2D eigenvalue weighted by molar-refractivity contribution is -0.540. The number of quaternary nitrogens is 1. The number of rotatable bonds is 7. The van der Waals surface area contributed by atoms with Gasteiger partial charge in [0, 0.05) is 11.0 Å². The average Bonchev–Trinajstić information content (AvgIpc) is 2.56. The van der Waals surface area contributed by atoms with Gasteiger partial charge in [-0.3, -0.25) is 0 Å². The molecule has 0 aliphatic rings. The van der Waals surface area contributed by atoms with E-state index in [-0.39, 0.29) is 5.41 Å². The fourth-order valence-corrected chi connectivity index (χ4v) is 3.09. The first kappa shape index (κ1) is 17.2. The van der Waals surface area contributed by atoms with Gasteiger partial charge in [-0.2, -0.15) is 0 Å². The molecular weight excluding hydrogens is 278 g/mol. The van der Waals surface area contributed by atoms with Crippen molar-refractivity contribution in [2.24, 2.45) is 0 Å². The van der Waals surface area contributed by atoms with Crippen LogP contribution in [-0.4, -0.2) is 7.05 Å². The van der Waals surface area contributed by atoms with Crippen molar-refractivity contribution in [3.8, 4) is 0 Å². The SMILES string of the molecule is C=CCC(C)(C/C=C/c1ccccc1)c1cc(C)ccc1[NH2+]C. The smallest absolute Gasteiger partial charge is 0.133 e. The molecular formula is C22H28N+. The Morgan fingerprint density at radius 1 is 1.09 bits per heavy atom. The Balaban J connectivity index is 2.30. The van der Waals surface area contributed by atoms with Gasteiger partial charge in [0.25, 0.3) is 0 Å². The van der Waals surface area contributed by atoms with Gasteiger partial charge in [0.15, 0.2) is 0 Å². The molecule has 0 saturated heterocycles. The lowest BCUT2D eigenvalue weighted by Crippen LogP contribution is -2.73. The summed E-state index contributed by atoms with van der Waals surface area (Å²) in [5.74, 6) is 0. The van der Waals surface area contributed by atoms with Gasteiger partial charge in [-0.15, -0.1) is 6.58 Å². The Kier molecular flexibility index (Phi) is 5.95. The Bertz CT molecular complexity index is 670. The van der Waals surface area contributed by atoms with Gasteiger partial charge < -0.3 is 5.32 Å². The molecule has 0 radical (unpaired) electrons. The molecule has 23 heavy (non-hydrogen) atoms. The molecule has 120 valence electrons. The van der Waals surface area contributed by atoms with E-state index in [0.717, 1.165) is 12.8 Å². The standard InChI is InChI=1S/C22H27N/c1-5-15-22(3,16-9-12-19-10-7-6-8-11-19)20-17-18(2)13-14-21(20)23-4/h5-14,17,23H,1,15-16H2,2-4H3/p+1/b12-9+. The number of benzene rings is 2. The van der Waals surface area contributed by atoms with Crippen LogP contribution in [-0.2, 0) is 5.41 Å². The van der Waals surface area contributed by atoms with Crippen molar-refractivity contribution in [3.63, 3.8) is 0 Å². The maximum absolute atomic E-state index is 3.98. The Hall–Kier alpha value is -2.12. The summed E-state index contributed by atoms with van der Waals surface area (Å²) in [6.45, 7) is 8.48. The van der Waals surface area contributed by atoms with Gasteiger partial charge in [-0.05, 0) is 37.5 Å². The molecule has 0 bridgehead atoms. The first-order chi connectivity index (χ1) is 11.1. The van der Waals surface area contributed by atoms with E-state index in [0.29, 0.717) is 0 Å². The molecule has 1 atom stereocenters. The van der Waals surface area contributed by atoms with Gasteiger partial charge in [0.05, 0.1) is 7.05 Å². The van der Waals surface area contributed by atoms with Crippen molar-refractivity contribution in [2.45, 2.75) is 32.1 Å². The first-order valence-corrected chi connectivity index (χ1v) is 8.32. The van der Waals surface area contributed by atoms with Crippen molar-refractivity contribution < 1.29 is 5.32 Å². The number of hydrogen-bond donors (Lipinski definition) is 1. The van der Waals surface area contributed by atoms with Crippen LogP contribution in [0.1, 0.15) is 36.5 Å². The summed E-state index contributed by atoms with van der Waals surface area (Å²) in [6, 6.07) is 17.2. The Labute approximate surface area is 140 Å². The zero-order chi connectivity index (χ0) is 16.7. The van der Waals surface area contributed by atoms with Crippen LogP contribution in [0.4, 0.5) is 5.69 Å². The molecule has 0 spiro atoms. The molecule has 0 aliphatic heterocycles. The van der Waals surface area contributed by atoms with Crippen molar-refractivity contribution >= 4 is 11.8 Å². The lowest BCUT2D eigenvalue weighted by atomic mass is 9.75. The highest BCUT2D eigenvalue weighted by Gasteiger charge is 2.28. The van der Waals surface area contributed by atoms with Crippen LogP contribution in [0, 0.1) is 6.92 Å². The van der Waals surface area contributed by atoms with E-state index in [2.05, 4.69) is 93.5 Å². The molecule has 0 amide bonds. The number of allylic oxidation sites excluding steroid dienone is 2. The van der Waals surface area contributed by atoms with Gasteiger partial charge in [0.2, 0.25) is 0 Å². The number of hydrogen-bond acceptors (Lipinski definition) is 0. The van der Waals surface area contributed by atoms with Crippen molar-refractivity contribution in [3.05, 3.63) is 84.0 Å². The van der Waals surface area contributed by atoms with Crippen LogP contribution < -0.4 is 5.32 Å². The monoisotopic (exact) mass is 306 g/mol. The van der Waals surface area contributed by atoms with Gasteiger partial charge >= 0.3 is 0 Å². The topological polar surface area (TPSA) is 16.6 Å². The molecule has 2 rings (SSSR count). The molecule has 2 aromatic carbocycles. The van der Waals surface area contributed by atoms with Crippen LogP contribution in [0.25, 0.3) is 6.08 Å². The average molecular weight is 306 g/mol. The molecule has 0 saturated carbocycles. The van der Waals surface area contributed by atoms with E-state index in [1.165, 1.54) is 22.4 Å². The number of nitrogens with two attached hydrogens (primary N) is 1. The Morgan fingerprint density at radius 2 is 1.83 bits per heavy atom. The highest BCUT2D eigenvalue weighted by molar-refractivity contribution is 5.51. The molecule has 1 heteroatoms. The van der Waals surface area contributed by atoms with Crippen LogP contribution >= 0.6 is 0 Å². The van der Waals surface area contributed by atoms with Gasteiger partial charge in [-0.25, -0.2) is 0 Å². The zero-order valence-corrected chi connectivity index (χ0v) is 14.5. The van der Waals surface area contributed by atoms with E-state index in [4.69, 9.17) is 0 Å². The van der Waals surface area contributed by atoms with Crippen molar-refractivity contribution in [1.29, 1.82) is 0 Å². The quantitative estimate of drug-likeness (QED) is 0.561. The Morgan fingerprint density at radius 3 is 2.48 bits per heavy atom. The van der Waals surface area contributed by atoms with Gasteiger partial charge in [0.1, 0.15) is 5.69 Å². The summed E-state index contributed by atoms with van der Waals surface area (Å²) in [6.07, 6.45) is 8.51. The van der Waals surface area contributed by atoms with Crippen molar-refractivity contribution in [2.75, 3.05) is 7.05 Å². The molecule has 0 aromatic heterocycles. The van der Waals surface area contributed by atoms with E-state index in [1.807, 2.05) is 6.08 Å². The van der Waals surface area contributed by atoms with Crippen LogP contribution in [0.3, 0.4) is 0 Å². The van der Waals surface area contributed by atoms with E-state index < -0.39 is 0 Å². The van der Waals surface area contributed by atoms with E-state index in [9.17, 15) is 0 Å². The summed E-state index contributed by atoms with van der Waals surface area (Å²) in [5, 5.41) is 2.21.